The van der Waals surface area contributed by atoms with Gasteiger partial charge in [0.05, 0.1) is 0 Å². The van der Waals surface area contributed by atoms with Gasteiger partial charge in [-0.25, -0.2) is 0 Å². The fraction of sp³-hybridized carbons (Fsp3) is 0.100. The van der Waals surface area contributed by atoms with Crippen LogP contribution in [0.4, 0.5) is 11.4 Å². The highest BCUT2D eigenvalue weighted by atomic mass is 14.8. The van der Waals surface area contributed by atoms with Crippen LogP contribution in [0.3, 0.4) is 0 Å². The molecule has 0 heterocycles. The lowest BCUT2D eigenvalue weighted by atomic mass is 10.00. The molecule has 2 N–H and O–H groups in total. The summed E-state index contributed by atoms with van der Waals surface area (Å²) in [4.78, 5) is 0. The number of nitrogens with one attached hydrogen (secondary N) is 2. The topological polar surface area (TPSA) is 24.1 Å². The first-order chi connectivity index (χ1) is 10.8. The lowest BCUT2D eigenvalue weighted by molar-refractivity contribution is 1.50. The van der Waals surface area contributed by atoms with Gasteiger partial charge in [0, 0.05) is 25.5 Å². The van der Waals surface area contributed by atoms with Gasteiger partial charge in [-0.1, -0.05) is 48.5 Å². The summed E-state index contributed by atoms with van der Waals surface area (Å²) in [7, 11) is 3.88. The molecule has 2 nitrogen and oxygen atoms in total. The van der Waals surface area contributed by atoms with E-state index in [1.165, 1.54) is 22.3 Å². The molecule has 3 aromatic carbocycles. The molecule has 0 radical (unpaired) electrons. The summed E-state index contributed by atoms with van der Waals surface area (Å²) in [6, 6.07) is 25.6. The molecule has 0 saturated carbocycles. The first-order valence-corrected chi connectivity index (χ1v) is 7.46. The normalized spacial score (nSPS) is 10.3. The molecule has 0 aliphatic rings. The van der Waals surface area contributed by atoms with Crippen LogP contribution in [0.5, 0.6) is 0 Å². The maximum Gasteiger partial charge on any atom is 0.0343 e. The molecule has 0 aliphatic carbocycles. The highest BCUT2D eigenvalue weighted by Gasteiger charge is 2.02. The summed E-state index contributed by atoms with van der Waals surface area (Å²) in [6.07, 6.45) is 0. The van der Waals surface area contributed by atoms with Crippen LogP contribution in [0.15, 0.2) is 72.8 Å². The Labute approximate surface area is 131 Å². The Bertz CT molecular complexity index is 694. The number of anilines is 2. The summed E-state index contributed by atoms with van der Waals surface area (Å²) in [5.41, 5.74) is 7.16. The number of rotatable bonds is 4. The molecular weight excluding hydrogens is 268 g/mol. The molecule has 0 spiro atoms. The van der Waals surface area contributed by atoms with E-state index < -0.39 is 0 Å². The first-order valence-electron chi connectivity index (χ1n) is 7.46. The monoisotopic (exact) mass is 288 g/mol. The van der Waals surface area contributed by atoms with Gasteiger partial charge in [-0.05, 0) is 46.5 Å². The van der Waals surface area contributed by atoms with Crippen molar-refractivity contribution >= 4 is 11.4 Å². The predicted octanol–water partition coefficient (Wildman–Crippen LogP) is 5.10. The van der Waals surface area contributed by atoms with Crippen LogP contribution in [-0.2, 0) is 0 Å². The van der Waals surface area contributed by atoms with Gasteiger partial charge in [-0.2, -0.15) is 0 Å². The molecule has 0 amide bonds. The molecule has 3 rings (SSSR count). The van der Waals surface area contributed by atoms with Gasteiger partial charge in [0.25, 0.3) is 0 Å². The Balaban J connectivity index is 1.91. The Morgan fingerprint density at radius 2 is 0.909 bits per heavy atom. The molecule has 2 heteroatoms. The Morgan fingerprint density at radius 1 is 0.500 bits per heavy atom. The highest BCUT2D eigenvalue weighted by Crippen LogP contribution is 2.27. The van der Waals surface area contributed by atoms with Crippen LogP contribution >= 0.6 is 0 Å². The molecule has 0 aromatic heterocycles. The fourth-order valence-corrected chi connectivity index (χ4v) is 2.56. The Hall–Kier alpha value is -2.74. The van der Waals surface area contributed by atoms with Crippen molar-refractivity contribution in [3.05, 3.63) is 72.8 Å². The molecule has 0 atom stereocenters. The van der Waals surface area contributed by atoms with E-state index in [-0.39, 0.29) is 0 Å². The second kappa shape index (κ2) is 6.35. The third-order valence-electron chi connectivity index (χ3n) is 3.85. The van der Waals surface area contributed by atoms with E-state index >= 15 is 0 Å². The average Bonchev–Trinajstić information content (AvgIpc) is 2.62. The number of benzene rings is 3. The standard InChI is InChI=1S/C20H20N2/c1-21-19-7-3-5-17(13-19)15-9-11-16(12-10-15)18-6-4-8-20(14-18)22-2/h3-14,21-22H,1-2H3. The zero-order chi connectivity index (χ0) is 15.4. The summed E-state index contributed by atoms with van der Waals surface area (Å²) in [5.74, 6) is 0. The largest absolute Gasteiger partial charge is 0.388 e. The quantitative estimate of drug-likeness (QED) is 0.697. The third kappa shape index (κ3) is 2.96. The van der Waals surface area contributed by atoms with Crippen molar-refractivity contribution in [2.45, 2.75) is 0 Å². The summed E-state index contributed by atoms with van der Waals surface area (Å²) in [6.45, 7) is 0. The van der Waals surface area contributed by atoms with E-state index in [2.05, 4.69) is 83.4 Å². The van der Waals surface area contributed by atoms with Crippen LogP contribution < -0.4 is 10.6 Å². The van der Waals surface area contributed by atoms with E-state index in [0.717, 1.165) is 11.4 Å². The van der Waals surface area contributed by atoms with Gasteiger partial charge in [-0.3, -0.25) is 0 Å². The maximum atomic E-state index is 3.18. The Morgan fingerprint density at radius 3 is 1.27 bits per heavy atom. The van der Waals surface area contributed by atoms with E-state index in [1.807, 2.05) is 14.1 Å². The van der Waals surface area contributed by atoms with E-state index in [0.29, 0.717) is 0 Å². The van der Waals surface area contributed by atoms with Gasteiger partial charge in [0.1, 0.15) is 0 Å². The van der Waals surface area contributed by atoms with Crippen LogP contribution in [0, 0.1) is 0 Å². The summed E-state index contributed by atoms with van der Waals surface area (Å²) < 4.78 is 0. The van der Waals surface area contributed by atoms with E-state index in [9.17, 15) is 0 Å². The van der Waals surface area contributed by atoms with Crippen molar-refractivity contribution in [1.29, 1.82) is 0 Å². The minimum atomic E-state index is 1.13. The summed E-state index contributed by atoms with van der Waals surface area (Å²) >= 11 is 0. The van der Waals surface area contributed by atoms with Crippen molar-refractivity contribution < 1.29 is 0 Å². The number of hydrogen-bond acceptors (Lipinski definition) is 2. The number of hydrogen-bond donors (Lipinski definition) is 2. The van der Waals surface area contributed by atoms with Crippen LogP contribution in [0.25, 0.3) is 22.3 Å². The molecule has 0 bridgehead atoms. The van der Waals surface area contributed by atoms with Crippen LogP contribution in [0.1, 0.15) is 0 Å². The molecule has 0 aliphatic heterocycles. The predicted molar refractivity (Wildman–Crippen MR) is 96.4 cm³/mol. The van der Waals surface area contributed by atoms with Crippen LogP contribution in [0.2, 0.25) is 0 Å². The second-order valence-electron chi connectivity index (χ2n) is 5.24. The summed E-state index contributed by atoms with van der Waals surface area (Å²) in [5, 5.41) is 6.36. The average molecular weight is 288 g/mol. The molecule has 22 heavy (non-hydrogen) atoms. The van der Waals surface area contributed by atoms with Gasteiger partial charge in [0.15, 0.2) is 0 Å². The van der Waals surface area contributed by atoms with Crippen molar-refractivity contribution in [1.82, 2.24) is 0 Å². The van der Waals surface area contributed by atoms with E-state index in [4.69, 9.17) is 0 Å². The van der Waals surface area contributed by atoms with Gasteiger partial charge >= 0.3 is 0 Å². The highest BCUT2D eigenvalue weighted by molar-refractivity contribution is 5.73. The molecule has 110 valence electrons. The molecule has 0 saturated heterocycles. The third-order valence-corrected chi connectivity index (χ3v) is 3.85. The van der Waals surface area contributed by atoms with Crippen molar-refractivity contribution in [3.8, 4) is 22.3 Å². The minimum Gasteiger partial charge on any atom is -0.388 e. The maximum absolute atomic E-state index is 3.18. The fourth-order valence-electron chi connectivity index (χ4n) is 2.56. The smallest absolute Gasteiger partial charge is 0.0343 e. The lowest BCUT2D eigenvalue weighted by Gasteiger charge is -2.08. The lowest BCUT2D eigenvalue weighted by Crippen LogP contribution is -1.89. The Kier molecular flexibility index (Phi) is 4.10. The van der Waals surface area contributed by atoms with Gasteiger partial charge < -0.3 is 10.6 Å². The SMILES string of the molecule is CNc1cccc(-c2ccc(-c3cccc(NC)c3)cc2)c1. The second-order valence-corrected chi connectivity index (χ2v) is 5.24. The van der Waals surface area contributed by atoms with Crippen molar-refractivity contribution in [2.75, 3.05) is 24.7 Å². The molecule has 0 unspecified atom stereocenters. The zero-order valence-corrected chi connectivity index (χ0v) is 12.9. The molecule has 3 aromatic rings. The van der Waals surface area contributed by atoms with Gasteiger partial charge in [0.2, 0.25) is 0 Å². The van der Waals surface area contributed by atoms with Crippen LogP contribution in [-0.4, -0.2) is 14.1 Å². The minimum absolute atomic E-state index is 1.13. The molecular formula is C20H20N2. The molecule has 0 fully saturated rings. The van der Waals surface area contributed by atoms with Gasteiger partial charge in [-0.15, -0.1) is 0 Å². The zero-order valence-electron chi connectivity index (χ0n) is 12.9. The van der Waals surface area contributed by atoms with Crippen molar-refractivity contribution in [2.24, 2.45) is 0 Å². The first kappa shape index (κ1) is 14.2. The van der Waals surface area contributed by atoms with E-state index in [1.54, 1.807) is 0 Å². The van der Waals surface area contributed by atoms with Crippen molar-refractivity contribution in [3.63, 3.8) is 0 Å².